The molecule has 2 aliphatic rings. The Morgan fingerprint density at radius 2 is 2.33 bits per heavy atom. The molecular weight excluding hydrogens is 308 g/mol. The molecule has 1 aromatic rings. The second kappa shape index (κ2) is 8.09. The molecule has 3 heterocycles. The summed E-state index contributed by atoms with van der Waals surface area (Å²) in [5.74, 6) is 1.44. The Labute approximate surface area is 143 Å². The van der Waals surface area contributed by atoms with Gasteiger partial charge in [-0.15, -0.1) is 0 Å². The van der Waals surface area contributed by atoms with Crippen LogP contribution in [-0.4, -0.2) is 78.9 Å². The number of amides is 1. The number of carbonyl (C=O) groups is 1. The van der Waals surface area contributed by atoms with E-state index in [1.807, 2.05) is 31.4 Å². The third-order valence-electron chi connectivity index (χ3n) is 4.69. The Morgan fingerprint density at radius 1 is 1.46 bits per heavy atom. The van der Waals surface area contributed by atoms with Crippen molar-refractivity contribution in [3.8, 4) is 0 Å². The first-order valence-corrected chi connectivity index (χ1v) is 8.72. The zero-order valence-electron chi connectivity index (χ0n) is 14.7. The molecule has 0 bridgehead atoms. The normalized spacial score (nSPS) is 24.2. The monoisotopic (exact) mass is 336 g/mol. The maximum absolute atomic E-state index is 12.8. The number of fused-ring (bicyclic) bond motifs is 1. The Bertz CT molecular complexity index is 540. The van der Waals surface area contributed by atoms with Gasteiger partial charge in [-0.3, -0.25) is 4.79 Å². The number of hydrogen-bond donors (Lipinski definition) is 0. The second-order valence-electron chi connectivity index (χ2n) is 7.02. The average molecular weight is 336 g/mol. The van der Waals surface area contributed by atoms with Gasteiger partial charge in [0.05, 0.1) is 32.3 Å². The van der Waals surface area contributed by atoms with Crippen LogP contribution in [0.5, 0.6) is 0 Å². The molecule has 134 valence electrons. The van der Waals surface area contributed by atoms with Gasteiger partial charge in [-0.05, 0) is 20.5 Å². The lowest BCUT2D eigenvalue weighted by Gasteiger charge is -2.26. The fraction of sp³-hybridized carbons (Fsp3) is 0.765. The van der Waals surface area contributed by atoms with Crippen molar-refractivity contribution in [1.82, 2.24) is 19.4 Å². The first kappa shape index (κ1) is 17.4. The maximum Gasteiger partial charge on any atom is 0.228 e. The van der Waals surface area contributed by atoms with E-state index >= 15 is 0 Å². The molecule has 0 N–H and O–H groups in total. The summed E-state index contributed by atoms with van der Waals surface area (Å²) >= 11 is 0. The number of aromatic nitrogens is 2. The summed E-state index contributed by atoms with van der Waals surface area (Å²) in [6, 6.07) is 0. The van der Waals surface area contributed by atoms with Crippen LogP contribution in [0.15, 0.2) is 12.4 Å². The molecule has 24 heavy (non-hydrogen) atoms. The van der Waals surface area contributed by atoms with Crippen molar-refractivity contribution < 1.29 is 14.3 Å². The van der Waals surface area contributed by atoms with Crippen molar-refractivity contribution in [1.29, 1.82) is 0 Å². The smallest absolute Gasteiger partial charge is 0.228 e. The molecule has 0 radical (unpaired) electrons. The lowest BCUT2D eigenvalue weighted by atomic mass is 10.1. The standard InChI is InChI=1S/C17H28N4O3/c1-19(2)6-8-24-12-14-9-20-5-4-18-16(20)11-21(10-14)17(22)15-3-7-23-13-15/h4-5,14-15H,3,6-13H2,1-2H3. The van der Waals surface area contributed by atoms with E-state index in [0.29, 0.717) is 33.0 Å². The van der Waals surface area contributed by atoms with Crippen molar-refractivity contribution in [3.63, 3.8) is 0 Å². The molecule has 0 saturated carbocycles. The maximum atomic E-state index is 12.8. The quantitative estimate of drug-likeness (QED) is 0.706. The number of nitrogens with zero attached hydrogens (tertiary/aromatic N) is 4. The highest BCUT2D eigenvalue weighted by molar-refractivity contribution is 5.79. The van der Waals surface area contributed by atoms with Gasteiger partial charge < -0.3 is 23.8 Å². The molecule has 7 heteroatoms. The third kappa shape index (κ3) is 4.34. The lowest BCUT2D eigenvalue weighted by molar-refractivity contribution is -0.137. The Morgan fingerprint density at radius 3 is 3.08 bits per heavy atom. The van der Waals surface area contributed by atoms with E-state index in [1.54, 1.807) is 0 Å². The number of hydrogen-bond acceptors (Lipinski definition) is 5. The molecule has 2 aliphatic heterocycles. The molecule has 0 spiro atoms. The SMILES string of the molecule is CN(C)CCOCC1CN(C(=O)C2CCOC2)Cc2nccn2C1. The molecule has 2 atom stereocenters. The van der Waals surface area contributed by atoms with Crippen LogP contribution in [-0.2, 0) is 27.4 Å². The third-order valence-corrected chi connectivity index (χ3v) is 4.69. The fourth-order valence-corrected chi connectivity index (χ4v) is 3.30. The van der Waals surface area contributed by atoms with Crippen molar-refractivity contribution in [3.05, 3.63) is 18.2 Å². The summed E-state index contributed by atoms with van der Waals surface area (Å²) in [6.45, 7) is 5.68. The van der Waals surface area contributed by atoms with Crippen LogP contribution >= 0.6 is 0 Å². The highest BCUT2D eigenvalue weighted by Crippen LogP contribution is 2.21. The van der Waals surface area contributed by atoms with Gasteiger partial charge in [0.25, 0.3) is 0 Å². The van der Waals surface area contributed by atoms with Crippen LogP contribution in [0.25, 0.3) is 0 Å². The van der Waals surface area contributed by atoms with E-state index in [4.69, 9.17) is 9.47 Å². The van der Waals surface area contributed by atoms with Crippen LogP contribution in [0.1, 0.15) is 12.2 Å². The largest absolute Gasteiger partial charge is 0.381 e. The second-order valence-corrected chi connectivity index (χ2v) is 7.02. The van der Waals surface area contributed by atoms with Gasteiger partial charge in [0.1, 0.15) is 5.82 Å². The molecule has 1 fully saturated rings. The minimum absolute atomic E-state index is 0.00169. The Kier molecular flexibility index (Phi) is 5.86. The van der Waals surface area contributed by atoms with Crippen LogP contribution in [0, 0.1) is 11.8 Å². The summed E-state index contributed by atoms with van der Waals surface area (Å²) in [7, 11) is 4.08. The van der Waals surface area contributed by atoms with E-state index in [1.165, 1.54) is 0 Å². The van der Waals surface area contributed by atoms with Gasteiger partial charge in [0.2, 0.25) is 5.91 Å². The zero-order chi connectivity index (χ0) is 16.9. The number of carbonyl (C=O) groups excluding carboxylic acids is 1. The van der Waals surface area contributed by atoms with Gasteiger partial charge in [-0.2, -0.15) is 0 Å². The highest BCUT2D eigenvalue weighted by Gasteiger charge is 2.32. The summed E-state index contributed by atoms with van der Waals surface area (Å²) in [5, 5.41) is 0. The number of rotatable bonds is 6. The average Bonchev–Trinajstić information content (AvgIpc) is 3.19. The number of likely N-dealkylation sites (N-methyl/N-ethyl adjacent to an activating group) is 1. The van der Waals surface area contributed by atoms with Crippen molar-refractivity contribution >= 4 is 5.91 Å². The molecular formula is C17H28N4O3. The van der Waals surface area contributed by atoms with Crippen molar-refractivity contribution in [2.45, 2.75) is 19.5 Å². The molecule has 1 aromatic heterocycles. The van der Waals surface area contributed by atoms with Crippen LogP contribution in [0.2, 0.25) is 0 Å². The molecule has 0 aromatic carbocycles. The summed E-state index contributed by atoms with van der Waals surface area (Å²) < 4.78 is 13.4. The van der Waals surface area contributed by atoms with E-state index in [-0.39, 0.29) is 17.7 Å². The fourth-order valence-electron chi connectivity index (χ4n) is 3.30. The van der Waals surface area contributed by atoms with Gasteiger partial charge in [-0.25, -0.2) is 4.98 Å². The van der Waals surface area contributed by atoms with Crippen LogP contribution in [0.3, 0.4) is 0 Å². The van der Waals surface area contributed by atoms with Crippen LogP contribution < -0.4 is 0 Å². The Balaban J connectivity index is 1.63. The zero-order valence-corrected chi connectivity index (χ0v) is 14.7. The molecule has 2 unspecified atom stereocenters. The molecule has 7 nitrogen and oxygen atoms in total. The minimum atomic E-state index is 0.00169. The molecule has 1 saturated heterocycles. The first-order chi connectivity index (χ1) is 11.6. The Hall–Kier alpha value is -1.44. The van der Waals surface area contributed by atoms with E-state index < -0.39 is 0 Å². The first-order valence-electron chi connectivity index (χ1n) is 8.72. The summed E-state index contributed by atoms with van der Waals surface area (Å²) in [4.78, 5) is 21.3. The predicted molar refractivity (Wildman–Crippen MR) is 89.4 cm³/mol. The predicted octanol–water partition coefficient (Wildman–Crippen LogP) is 0.456. The molecule has 3 rings (SSSR count). The lowest BCUT2D eigenvalue weighted by Crippen LogP contribution is -2.39. The van der Waals surface area contributed by atoms with Gasteiger partial charge in [0, 0.05) is 44.6 Å². The summed E-state index contributed by atoms with van der Waals surface area (Å²) in [6.07, 6.45) is 4.63. The highest BCUT2D eigenvalue weighted by atomic mass is 16.5. The van der Waals surface area contributed by atoms with E-state index in [0.717, 1.165) is 31.9 Å². The van der Waals surface area contributed by atoms with Gasteiger partial charge in [-0.1, -0.05) is 0 Å². The summed E-state index contributed by atoms with van der Waals surface area (Å²) in [5.41, 5.74) is 0. The minimum Gasteiger partial charge on any atom is -0.381 e. The van der Waals surface area contributed by atoms with E-state index in [9.17, 15) is 4.79 Å². The molecule has 0 aliphatic carbocycles. The van der Waals surface area contributed by atoms with Crippen molar-refractivity contribution in [2.24, 2.45) is 11.8 Å². The molecule has 1 amide bonds. The van der Waals surface area contributed by atoms with Gasteiger partial charge >= 0.3 is 0 Å². The topological polar surface area (TPSA) is 59.8 Å². The van der Waals surface area contributed by atoms with Gasteiger partial charge in [0.15, 0.2) is 0 Å². The number of imidazole rings is 1. The van der Waals surface area contributed by atoms with Crippen LogP contribution in [0.4, 0.5) is 0 Å². The number of ether oxygens (including phenoxy) is 2. The van der Waals surface area contributed by atoms with E-state index in [2.05, 4.69) is 14.5 Å². The van der Waals surface area contributed by atoms with Crippen molar-refractivity contribution in [2.75, 3.05) is 53.6 Å².